The average molecular weight is 489 g/mol. The summed E-state index contributed by atoms with van der Waals surface area (Å²) in [4.78, 5) is 4.13. The highest BCUT2D eigenvalue weighted by Gasteiger charge is 2.27. The Hall–Kier alpha value is -1.07. The molecule has 0 spiro atoms. The van der Waals surface area contributed by atoms with Crippen molar-refractivity contribution in [3.8, 4) is 0 Å². The Bertz CT molecular complexity index is 566. The number of guanidine groups is 1. The first-order valence-electron chi connectivity index (χ1n) is 7.87. The predicted octanol–water partition coefficient (Wildman–Crippen LogP) is 3.47. The molecule has 1 aromatic carbocycles. The molecule has 0 fully saturated rings. The number of hydrogen-bond donors (Lipinski definition) is 2. The van der Waals surface area contributed by atoms with Gasteiger partial charge in [-0.2, -0.15) is 13.2 Å². The third-order valence-electron chi connectivity index (χ3n) is 3.44. The Labute approximate surface area is 169 Å². The van der Waals surface area contributed by atoms with Gasteiger partial charge >= 0.3 is 6.18 Å². The van der Waals surface area contributed by atoms with Gasteiger partial charge in [0.1, 0.15) is 6.61 Å². The molecule has 0 aromatic heterocycles. The third-order valence-corrected chi connectivity index (χ3v) is 3.44. The van der Waals surface area contributed by atoms with E-state index in [2.05, 4.69) is 20.4 Å². The standard InChI is InChI=1S/C17H26F3N3O2.HI/c1-16(2,24-4)11-23-15(21-3)22-9-13-6-5-7-14(8-13)10-25-12-17(18,19)20;/h5-8H,9-12H2,1-4H3,(H2,21,22,23);1H. The minimum Gasteiger partial charge on any atom is -0.377 e. The van der Waals surface area contributed by atoms with Crippen LogP contribution in [-0.4, -0.2) is 45.0 Å². The van der Waals surface area contributed by atoms with E-state index in [1.54, 1.807) is 32.4 Å². The lowest BCUT2D eigenvalue weighted by Gasteiger charge is -2.24. The smallest absolute Gasteiger partial charge is 0.377 e. The number of nitrogens with zero attached hydrogens (tertiary/aromatic N) is 1. The van der Waals surface area contributed by atoms with Crippen LogP contribution in [0.5, 0.6) is 0 Å². The van der Waals surface area contributed by atoms with Crippen LogP contribution < -0.4 is 10.6 Å². The number of alkyl halides is 3. The molecule has 1 rings (SSSR count). The molecule has 0 radical (unpaired) electrons. The Balaban J connectivity index is 0.00000625. The van der Waals surface area contributed by atoms with E-state index in [0.29, 0.717) is 24.6 Å². The van der Waals surface area contributed by atoms with Crippen LogP contribution in [-0.2, 0) is 22.6 Å². The van der Waals surface area contributed by atoms with Crippen LogP contribution in [0.25, 0.3) is 0 Å². The highest BCUT2D eigenvalue weighted by Crippen LogP contribution is 2.16. The number of benzene rings is 1. The zero-order valence-corrected chi connectivity index (χ0v) is 17.8. The molecule has 1 aromatic rings. The molecule has 0 aliphatic heterocycles. The van der Waals surface area contributed by atoms with Gasteiger partial charge in [0.2, 0.25) is 0 Å². The molecule has 0 aliphatic rings. The van der Waals surface area contributed by atoms with Crippen molar-refractivity contribution >= 4 is 29.9 Å². The summed E-state index contributed by atoms with van der Waals surface area (Å²) in [5.74, 6) is 0.615. The molecule has 26 heavy (non-hydrogen) atoms. The molecule has 0 saturated carbocycles. The van der Waals surface area contributed by atoms with Gasteiger partial charge in [0, 0.05) is 27.2 Å². The Morgan fingerprint density at radius 2 is 1.81 bits per heavy atom. The Kier molecular flexibility index (Phi) is 11.1. The minimum absolute atomic E-state index is 0. The van der Waals surface area contributed by atoms with Crippen LogP contribution in [0.4, 0.5) is 13.2 Å². The topological polar surface area (TPSA) is 54.9 Å². The minimum atomic E-state index is -4.31. The van der Waals surface area contributed by atoms with Gasteiger partial charge in [-0.15, -0.1) is 24.0 Å². The molecule has 0 saturated heterocycles. The molecular formula is C17H27F3IN3O2. The summed E-state index contributed by atoms with van der Waals surface area (Å²) < 4.78 is 46.3. The van der Waals surface area contributed by atoms with Gasteiger partial charge in [-0.3, -0.25) is 4.99 Å². The van der Waals surface area contributed by atoms with Crippen LogP contribution in [0.3, 0.4) is 0 Å². The van der Waals surface area contributed by atoms with Crippen molar-refractivity contribution in [2.75, 3.05) is 27.3 Å². The molecule has 0 atom stereocenters. The summed E-state index contributed by atoms with van der Waals surface area (Å²) in [6, 6.07) is 7.20. The number of hydrogen-bond acceptors (Lipinski definition) is 3. The first-order valence-corrected chi connectivity index (χ1v) is 7.87. The molecule has 0 bridgehead atoms. The van der Waals surface area contributed by atoms with Crippen molar-refractivity contribution < 1.29 is 22.6 Å². The second-order valence-corrected chi connectivity index (χ2v) is 6.17. The first kappa shape index (κ1) is 24.9. The maximum Gasteiger partial charge on any atom is 0.411 e. The van der Waals surface area contributed by atoms with Crippen molar-refractivity contribution in [2.45, 2.75) is 38.8 Å². The van der Waals surface area contributed by atoms with Crippen molar-refractivity contribution in [3.05, 3.63) is 35.4 Å². The average Bonchev–Trinajstić information content (AvgIpc) is 2.54. The number of halogens is 4. The number of nitrogens with one attached hydrogen (secondary N) is 2. The van der Waals surface area contributed by atoms with Crippen LogP contribution in [0.2, 0.25) is 0 Å². The quantitative estimate of drug-likeness (QED) is 0.334. The molecule has 0 aliphatic carbocycles. The fourth-order valence-electron chi connectivity index (χ4n) is 1.89. The summed E-state index contributed by atoms with van der Waals surface area (Å²) >= 11 is 0. The largest absolute Gasteiger partial charge is 0.411 e. The molecule has 150 valence electrons. The summed E-state index contributed by atoms with van der Waals surface area (Å²) in [6.45, 7) is 3.65. The molecule has 5 nitrogen and oxygen atoms in total. The normalized spacial score (nSPS) is 12.5. The van der Waals surface area contributed by atoms with Crippen molar-refractivity contribution in [1.82, 2.24) is 10.6 Å². The molecule has 9 heteroatoms. The molecule has 0 heterocycles. The summed E-state index contributed by atoms with van der Waals surface area (Å²) in [5.41, 5.74) is 1.28. The molecular weight excluding hydrogens is 462 g/mol. The van der Waals surface area contributed by atoms with Crippen LogP contribution in [0.15, 0.2) is 29.3 Å². The lowest BCUT2D eigenvalue weighted by molar-refractivity contribution is -0.176. The van der Waals surface area contributed by atoms with Crippen molar-refractivity contribution in [2.24, 2.45) is 4.99 Å². The molecule has 0 unspecified atom stereocenters. The van der Waals surface area contributed by atoms with Gasteiger partial charge in [-0.05, 0) is 25.0 Å². The van der Waals surface area contributed by atoms with E-state index in [1.807, 2.05) is 19.9 Å². The molecule has 2 N–H and O–H groups in total. The van der Waals surface area contributed by atoms with E-state index in [9.17, 15) is 13.2 Å². The van der Waals surface area contributed by atoms with E-state index in [4.69, 9.17) is 4.74 Å². The van der Waals surface area contributed by atoms with E-state index < -0.39 is 12.8 Å². The van der Waals surface area contributed by atoms with Crippen molar-refractivity contribution in [1.29, 1.82) is 0 Å². The Morgan fingerprint density at radius 3 is 2.38 bits per heavy atom. The van der Waals surface area contributed by atoms with Gasteiger partial charge in [-0.25, -0.2) is 0 Å². The van der Waals surface area contributed by atoms with E-state index >= 15 is 0 Å². The van der Waals surface area contributed by atoms with Crippen molar-refractivity contribution in [3.63, 3.8) is 0 Å². The van der Waals surface area contributed by atoms with Crippen LogP contribution in [0, 0.1) is 0 Å². The third kappa shape index (κ3) is 10.8. The van der Waals surface area contributed by atoms with Crippen LogP contribution in [0.1, 0.15) is 25.0 Å². The zero-order valence-electron chi connectivity index (χ0n) is 15.4. The predicted molar refractivity (Wildman–Crippen MR) is 107 cm³/mol. The van der Waals surface area contributed by atoms with Gasteiger partial charge < -0.3 is 20.1 Å². The lowest BCUT2D eigenvalue weighted by atomic mass is 10.1. The monoisotopic (exact) mass is 489 g/mol. The fraction of sp³-hybridized carbons (Fsp3) is 0.588. The fourth-order valence-corrected chi connectivity index (χ4v) is 1.89. The van der Waals surface area contributed by atoms with E-state index in [0.717, 1.165) is 5.56 Å². The highest BCUT2D eigenvalue weighted by atomic mass is 127. The van der Waals surface area contributed by atoms with Gasteiger partial charge in [0.25, 0.3) is 0 Å². The SMILES string of the molecule is CN=C(NCc1cccc(COCC(F)(F)F)c1)NCC(C)(C)OC.I. The summed E-state index contributed by atoms with van der Waals surface area (Å²) in [7, 11) is 3.31. The Morgan fingerprint density at radius 1 is 1.15 bits per heavy atom. The second-order valence-electron chi connectivity index (χ2n) is 6.17. The highest BCUT2D eigenvalue weighted by molar-refractivity contribution is 14.0. The zero-order chi connectivity index (χ0) is 18.9. The van der Waals surface area contributed by atoms with Gasteiger partial charge in [-0.1, -0.05) is 24.3 Å². The number of ether oxygens (including phenoxy) is 2. The summed E-state index contributed by atoms with van der Waals surface area (Å²) in [6.07, 6.45) is -4.31. The van der Waals surface area contributed by atoms with Gasteiger partial charge in [0.15, 0.2) is 5.96 Å². The summed E-state index contributed by atoms with van der Waals surface area (Å²) in [5, 5.41) is 6.31. The lowest BCUT2D eigenvalue weighted by Crippen LogP contribution is -2.45. The van der Waals surface area contributed by atoms with Crippen LogP contribution >= 0.6 is 24.0 Å². The first-order chi connectivity index (χ1) is 11.6. The van der Waals surface area contributed by atoms with Gasteiger partial charge in [0.05, 0.1) is 12.2 Å². The van der Waals surface area contributed by atoms with E-state index in [1.165, 1.54) is 0 Å². The number of methoxy groups -OCH3 is 1. The number of aliphatic imine (C=N–C) groups is 1. The maximum absolute atomic E-state index is 12.1. The maximum atomic E-state index is 12.1. The van der Waals surface area contributed by atoms with E-state index in [-0.39, 0.29) is 36.2 Å². The molecule has 0 amide bonds. The number of rotatable bonds is 8. The second kappa shape index (κ2) is 11.6.